The summed E-state index contributed by atoms with van der Waals surface area (Å²) in [6, 6.07) is 7.07. The van der Waals surface area contributed by atoms with Gasteiger partial charge in [0.05, 0.1) is 0 Å². The van der Waals surface area contributed by atoms with Gasteiger partial charge in [0.1, 0.15) is 5.75 Å². The lowest BCUT2D eigenvalue weighted by Gasteiger charge is -2.09. The van der Waals surface area contributed by atoms with E-state index in [9.17, 15) is 4.79 Å². The van der Waals surface area contributed by atoms with Crippen molar-refractivity contribution in [2.75, 3.05) is 0 Å². The zero-order valence-corrected chi connectivity index (χ0v) is 8.61. The van der Waals surface area contributed by atoms with E-state index in [-0.39, 0.29) is 0 Å². The Hall–Kier alpha value is -1.03. The second-order valence-electron chi connectivity index (χ2n) is 2.56. The number of aliphatic carboxylic acids is 1. The van der Waals surface area contributed by atoms with Crippen LogP contribution in [0.4, 0.5) is 0 Å². The van der Waals surface area contributed by atoms with Crippen LogP contribution < -0.4 is 4.74 Å². The van der Waals surface area contributed by atoms with Gasteiger partial charge in [0, 0.05) is 4.47 Å². The van der Waals surface area contributed by atoms with Crippen molar-refractivity contribution in [3.63, 3.8) is 0 Å². The second kappa shape index (κ2) is 4.28. The Morgan fingerprint density at radius 3 is 2.85 bits per heavy atom. The van der Waals surface area contributed by atoms with Gasteiger partial charge in [-0.3, -0.25) is 0 Å². The molecule has 1 aromatic rings. The highest BCUT2D eigenvalue weighted by Gasteiger charge is 2.11. The zero-order chi connectivity index (χ0) is 9.84. The first-order valence-corrected chi connectivity index (χ1v) is 4.54. The molecule has 1 aromatic carbocycles. The van der Waals surface area contributed by atoms with Crippen molar-refractivity contribution in [2.24, 2.45) is 0 Å². The molecule has 4 heteroatoms. The van der Waals surface area contributed by atoms with E-state index in [0.29, 0.717) is 5.75 Å². The number of halogens is 1. The maximum Gasteiger partial charge on any atom is 0.344 e. The van der Waals surface area contributed by atoms with Gasteiger partial charge >= 0.3 is 5.97 Å². The molecule has 1 N–H and O–H groups in total. The molecule has 70 valence electrons. The van der Waals surface area contributed by atoms with Crippen LogP contribution in [0, 0.1) is 0 Å². The third kappa shape index (κ3) is 3.06. The van der Waals surface area contributed by atoms with E-state index in [1.807, 2.05) is 6.07 Å². The molecule has 1 rings (SSSR count). The summed E-state index contributed by atoms with van der Waals surface area (Å²) in [5.41, 5.74) is 0. The van der Waals surface area contributed by atoms with E-state index >= 15 is 0 Å². The van der Waals surface area contributed by atoms with Crippen LogP contribution in [-0.4, -0.2) is 17.2 Å². The molecule has 13 heavy (non-hydrogen) atoms. The largest absolute Gasteiger partial charge is 0.479 e. The SMILES string of the molecule is C[C@@H](Oc1cccc(Br)c1)C(=O)O. The fraction of sp³-hybridized carbons (Fsp3) is 0.222. The lowest BCUT2D eigenvalue weighted by Crippen LogP contribution is -2.22. The number of carboxylic acids is 1. The molecule has 0 saturated heterocycles. The van der Waals surface area contributed by atoms with Gasteiger partial charge in [0.2, 0.25) is 0 Å². The summed E-state index contributed by atoms with van der Waals surface area (Å²) < 4.78 is 5.99. The first-order valence-electron chi connectivity index (χ1n) is 3.74. The second-order valence-corrected chi connectivity index (χ2v) is 3.47. The summed E-state index contributed by atoms with van der Waals surface area (Å²) in [5, 5.41) is 8.58. The van der Waals surface area contributed by atoms with Gasteiger partial charge in [-0.2, -0.15) is 0 Å². The smallest absolute Gasteiger partial charge is 0.344 e. The van der Waals surface area contributed by atoms with Crippen molar-refractivity contribution >= 4 is 21.9 Å². The van der Waals surface area contributed by atoms with Crippen LogP contribution in [0.3, 0.4) is 0 Å². The Labute approximate surface area is 84.5 Å². The number of benzene rings is 1. The van der Waals surface area contributed by atoms with Crippen molar-refractivity contribution in [3.05, 3.63) is 28.7 Å². The minimum Gasteiger partial charge on any atom is -0.479 e. The van der Waals surface area contributed by atoms with Crippen molar-refractivity contribution in [1.82, 2.24) is 0 Å². The first kappa shape index (κ1) is 10.1. The Morgan fingerprint density at radius 1 is 1.62 bits per heavy atom. The molecule has 0 saturated carbocycles. The molecule has 3 nitrogen and oxygen atoms in total. The van der Waals surface area contributed by atoms with Crippen molar-refractivity contribution in [2.45, 2.75) is 13.0 Å². The molecule has 0 bridgehead atoms. The fourth-order valence-electron chi connectivity index (χ4n) is 0.795. The molecule has 0 aliphatic rings. The maximum atomic E-state index is 10.5. The molecule has 0 aliphatic carbocycles. The number of carbonyl (C=O) groups is 1. The molecule has 0 fully saturated rings. The van der Waals surface area contributed by atoms with Crippen LogP contribution in [0.5, 0.6) is 5.75 Å². The van der Waals surface area contributed by atoms with E-state index in [0.717, 1.165) is 4.47 Å². The summed E-state index contributed by atoms with van der Waals surface area (Å²) in [6.45, 7) is 1.49. The highest BCUT2D eigenvalue weighted by Crippen LogP contribution is 2.18. The van der Waals surface area contributed by atoms with E-state index in [1.54, 1.807) is 18.2 Å². The number of ether oxygens (including phenoxy) is 1. The number of carboxylic acid groups (broad SMARTS) is 1. The predicted octanol–water partition coefficient (Wildman–Crippen LogP) is 2.30. The Bertz CT molecular complexity index is 311. The molecule has 0 aromatic heterocycles. The molecule has 0 heterocycles. The molecular weight excluding hydrogens is 236 g/mol. The maximum absolute atomic E-state index is 10.5. The van der Waals surface area contributed by atoms with Crippen LogP contribution in [-0.2, 0) is 4.79 Å². The summed E-state index contributed by atoms with van der Waals surface area (Å²) in [6.07, 6.45) is -0.825. The first-order chi connectivity index (χ1) is 6.09. The molecule has 0 radical (unpaired) electrons. The van der Waals surface area contributed by atoms with Gasteiger partial charge < -0.3 is 9.84 Å². The van der Waals surface area contributed by atoms with E-state index in [2.05, 4.69) is 15.9 Å². The minimum atomic E-state index is -0.972. The van der Waals surface area contributed by atoms with Crippen molar-refractivity contribution in [1.29, 1.82) is 0 Å². The predicted molar refractivity (Wildman–Crippen MR) is 51.9 cm³/mol. The van der Waals surface area contributed by atoms with E-state index in [4.69, 9.17) is 9.84 Å². The fourth-order valence-corrected chi connectivity index (χ4v) is 1.17. The lowest BCUT2D eigenvalue weighted by atomic mass is 10.3. The number of hydrogen-bond acceptors (Lipinski definition) is 2. The third-order valence-electron chi connectivity index (χ3n) is 1.46. The van der Waals surface area contributed by atoms with Crippen LogP contribution in [0.1, 0.15) is 6.92 Å². The quantitative estimate of drug-likeness (QED) is 0.888. The van der Waals surface area contributed by atoms with Crippen molar-refractivity contribution < 1.29 is 14.6 Å². The van der Waals surface area contributed by atoms with Gasteiger partial charge in [-0.25, -0.2) is 4.79 Å². The number of hydrogen-bond donors (Lipinski definition) is 1. The van der Waals surface area contributed by atoms with Crippen LogP contribution in [0.2, 0.25) is 0 Å². The standard InChI is InChI=1S/C9H9BrO3/c1-6(9(11)12)13-8-4-2-3-7(10)5-8/h2-6H,1H3,(H,11,12)/t6-/m1/s1. The Kier molecular flexibility index (Phi) is 3.31. The van der Waals surface area contributed by atoms with E-state index < -0.39 is 12.1 Å². The van der Waals surface area contributed by atoms with Gasteiger partial charge in [0.15, 0.2) is 6.10 Å². The Morgan fingerprint density at radius 2 is 2.31 bits per heavy atom. The van der Waals surface area contributed by atoms with Gasteiger partial charge in [-0.05, 0) is 25.1 Å². The summed E-state index contributed by atoms with van der Waals surface area (Å²) in [4.78, 5) is 10.5. The lowest BCUT2D eigenvalue weighted by molar-refractivity contribution is -0.144. The average Bonchev–Trinajstić information content (AvgIpc) is 2.04. The minimum absolute atomic E-state index is 0.546. The van der Waals surface area contributed by atoms with E-state index in [1.165, 1.54) is 6.92 Å². The van der Waals surface area contributed by atoms with Gasteiger partial charge in [0.25, 0.3) is 0 Å². The summed E-state index contributed by atoms with van der Waals surface area (Å²) in [7, 11) is 0. The van der Waals surface area contributed by atoms with Crippen molar-refractivity contribution in [3.8, 4) is 5.75 Å². The van der Waals surface area contributed by atoms with Crippen LogP contribution in [0.15, 0.2) is 28.7 Å². The monoisotopic (exact) mass is 244 g/mol. The molecule has 0 aliphatic heterocycles. The van der Waals surface area contributed by atoms with Gasteiger partial charge in [-0.1, -0.05) is 22.0 Å². The highest BCUT2D eigenvalue weighted by molar-refractivity contribution is 9.10. The third-order valence-corrected chi connectivity index (χ3v) is 1.95. The zero-order valence-electron chi connectivity index (χ0n) is 7.03. The molecule has 0 amide bonds. The normalized spacial score (nSPS) is 12.2. The summed E-state index contributed by atoms with van der Waals surface area (Å²) >= 11 is 3.26. The van der Waals surface area contributed by atoms with Crippen LogP contribution >= 0.6 is 15.9 Å². The molecule has 1 atom stereocenters. The highest BCUT2D eigenvalue weighted by atomic mass is 79.9. The molecular formula is C9H9BrO3. The van der Waals surface area contributed by atoms with Gasteiger partial charge in [-0.15, -0.1) is 0 Å². The average molecular weight is 245 g/mol. The Balaban J connectivity index is 2.69. The molecule has 0 unspecified atom stereocenters. The summed E-state index contributed by atoms with van der Waals surface area (Å²) in [5.74, 6) is -0.427. The topological polar surface area (TPSA) is 46.5 Å². The molecule has 0 spiro atoms. The van der Waals surface area contributed by atoms with Crippen LogP contribution in [0.25, 0.3) is 0 Å². The number of rotatable bonds is 3.